The third-order valence-corrected chi connectivity index (χ3v) is 4.04. The van der Waals surface area contributed by atoms with Crippen LogP contribution in [0, 0.1) is 11.3 Å². The molecule has 0 aliphatic carbocycles. The van der Waals surface area contributed by atoms with Gasteiger partial charge < -0.3 is 29.7 Å². The topological polar surface area (TPSA) is 132 Å². The van der Waals surface area contributed by atoms with Crippen LogP contribution < -0.4 is 30.2 Å². The van der Waals surface area contributed by atoms with Crippen LogP contribution >= 0.6 is 0 Å². The van der Waals surface area contributed by atoms with Gasteiger partial charge in [0.15, 0.2) is 11.5 Å². The van der Waals surface area contributed by atoms with Crippen molar-refractivity contribution in [2.75, 3.05) is 21.3 Å². The fraction of sp³-hybridized carbons (Fsp3) is 0.235. The van der Waals surface area contributed by atoms with Gasteiger partial charge in [0, 0.05) is 0 Å². The van der Waals surface area contributed by atoms with Gasteiger partial charge in [-0.05, 0) is 17.7 Å². The van der Waals surface area contributed by atoms with Crippen molar-refractivity contribution in [3.05, 3.63) is 51.4 Å². The van der Waals surface area contributed by atoms with Crippen molar-refractivity contribution in [1.29, 1.82) is 5.26 Å². The van der Waals surface area contributed by atoms with Crippen LogP contribution in [0.3, 0.4) is 0 Å². The maximum absolute atomic E-state index is 12.4. The number of nitriles is 1. The van der Waals surface area contributed by atoms with Crippen LogP contribution in [0.5, 0.6) is 23.1 Å². The molecule has 0 spiro atoms. The van der Waals surface area contributed by atoms with Gasteiger partial charge in [0.25, 0.3) is 5.56 Å². The molecule has 134 valence electrons. The predicted molar refractivity (Wildman–Crippen MR) is 90.3 cm³/mol. The Morgan fingerprint density at radius 3 is 2.42 bits per heavy atom. The van der Waals surface area contributed by atoms with Crippen LogP contribution in [0.2, 0.25) is 0 Å². The summed E-state index contributed by atoms with van der Waals surface area (Å²) in [4.78, 5) is 18.9. The molecule has 3 rings (SSSR count). The van der Waals surface area contributed by atoms with Gasteiger partial charge in [0.1, 0.15) is 11.6 Å². The number of nitrogens with two attached hydrogens (primary N) is 1. The summed E-state index contributed by atoms with van der Waals surface area (Å²) in [6, 6.07) is 5.31. The molecule has 2 aromatic rings. The lowest BCUT2D eigenvalue weighted by molar-refractivity contribution is 0.323. The second-order valence-electron chi connectivity index (χ2n) is 5.33. The molecule has 1 aliphatic heterocycles. The first-order chi connectivity index (χ1) is 12.5. The van der Waals surface area contributed by atoms with Crippen molar-refractivity contribution in [2.45, 2.75) is 5.92 Å². The minimum Gasteiger partial charge on any atom is -0.493 e. The molecule has 1 aliphatic rings. The van der Waals surface area contributed by atoms with Gasteiger partial charge in [-0.2, -0.15) is 5.26 Å². The molecular formula is C17H16N4O5. The summed E-state index contributed by atoms with van der Waals surface area (Å²) in [5.41, 5.74) is 6.24. The molecule has 1 atom stereocenters. The van der Waals surface area contributed by atoms with E-state index in [1.165, 1.54) is 27.7 Å². The number of methoxy groups -OCH3 is 3. The summed E-state index contributed by atoms with van der Waals surface area (Å²) < 4.78 is 21.4. The van der Waals surface area contributed by atoms with E-state index >= 15 is 0 Å². The number of aromatic amines is 1. The average molecular weight is 356 g/mol. The number of nitrogens with zero attached hydrogens (tertiary/aromatic N) is 2. The Hall–Kier alpha value is -3.67. The van der Waals surface area contributed by atoms with Gasteiger partial charge in [-0.15, -0.1) is 0 Å². The Morgan fingerprint density at radius 2 is 1.88 bits per heavy atom. The highest BCUT2D eigenvalue weighted by Crippen LogP contribution is 2.45. The lowest BCUT2D eigenvalue weighted by Gasteiger charge is -2.25. The van der Waals surface area contributed by atoms with Gasteiger partial charge in [-0.1, -0.05) is 0 Å². The average Bonchev–Trinajstić information content (AvgIpc) is 2.65. The Morgan fingerprint density at radius 1 is 1.23 bits per heavy atom. The van der Waals surface area contributed by atoms with Crippen molar-refractivity contribution in [3.63, 3.8) is 0 Å². The standard InChI is InChI=1S/C17H16N4O5/c1-23-10-4-8(5-11(24-2)14(10)25-3)12-9(6-18)15(19)26-17-13(12)16(22)20-7-21-17/h4-5,7,12H,19H2,1-3H3,(H,20,21,22)/t12-/m1/s1. The maximum Gasteiger partial charge on any atom is 0.258 e. The van der Waals surface area contributed by atoms with E-state index < -0.39 is 11.5 Å². The van der Waals surface area contributed by atoms with Gasteiger partial charge in [-0.25, -0.2) is 4.98 Å². The minimum atomic E-state index is -0.796. The molecule has 2 heterocycles. The quantitative estimate of drug-likeness (QED) is 0.829. The van der Waals surface area contributed by atoms with Crippen molar-refractivity contribution in [2.24, 2.45) is 5.73 Å². The Labute approximate surface area is 148 Å². The lowest BCUT2D eigenvalue weighted by Crippen LogP contribution is -2.28. The minimum absolute atomic E-state index is 0.0454. The van der Waals surface area contributed by atoms with E-state index in [-0.39, 0.29) is 22.9 Å². The molecule has 0 fully saturated rings. The first kappa shape index (κ1) is 17.2. The third-order valence-electron chi connectivity index (χ3n) is 4.04. The number of hydrogen-bond acceptors (Lipinski definition) is 8. The van der Waals surface area contributed by atoms with E-state index in [9.17, 15) is 10.1 Å². The molecule has 0 radical (unpaired) electrons. The molecule has 0 bridgehead atoms. The van der Waals surface area contributed by atoms with E-state index in [0.29, 0.717) is 22.8 Å². The smallest absolute Gasteiger partial charge is 0.258 e. The largest absolute Gasteiger partial charge is 0.493 e. The Balaban J connectivity index is 2.32. The van der Waals surface area contributed by atoms with Crippen LogP contribution in [0.4, 0.5) is 0 Å². The van der Waals surface area contributed by atoms with Gasteiger partial charge in [0.2, 0.25) is 17.5 Å². The van der Waals surface area contributed by atoms with E-state index in [1.54, 1.807) is 12.1 Å². The zero-order chi connectivity index (χ0) is 18.8. The van der Waals surface area contributed by atoms with E-state index in [1.807, 2.05) is 6.07 Å². The van der Waals surface area contributed by atoms with Gasteiger partial charge in [0.05, 0.1) is 39.1 Å². The summed E-state index contributed by atoms with van der Waals surface area (Å²) in [6.07, 6.45) is 1.21. The van der Waals surface area contributed by atoms with Crippen LogP contribution in [-0.2, 0) is 0 Å². The van der Waals surface area contributed by atoms with Crippen LogP contribution in [0.25, 0.3) is 0 Å². The summed E-state index contributed by atoms with van der Waals surface area (Å²) in [7, 11) is 4.43. The zero-order valence-corrected chi connectivity index (χ0v) is 14.3. The number of H-pyrrole nitrogens is 1. The normalized spacial score (nSPS) is 15.5. The number of hydrogen-bond donors (Lipinski definition) is 2. The fourth-order valence-corrected chi connectivity index (χ4v) is 2.90. The van der Waals surface area contributed by atoms with Gasteiger partial charge >= 0.3 is 0 Å². The molecule has 26 heavy (non-hydrogen) atoms. The highest BCUT2D eigenvalue weighted by Gasteiger charge is 2.35. The number of ether oxygens (including phenoxy) is 4. The number of benzene rings is 1. The second-order valence-corrected chi connectivity index (χ2v) is 5.33. The molecule has 3 N–H and O–H groups in total. The van der Waals surface area contributed by atoms with Crippen molar-refractivity contribution < 1.29 is 18.9 Å². The number of rotatable bonds is 4. The lowest BCUT2D eigenvalue weighted by atomic mass is 9.85. The van der Waals surface area contributed by atoms with Gasteiger partial charge in [-0.3, -0.25) is 4.79 Å². The number of fused-ring (bicyclic) bond motifs is 1. The number of allylic oxidation sites excluding steroid dienone is 1. The highest BCUT2D eigenvalue weighted by atomic mass is 16.5. The van der Waals surface area contributed by atoms with E-state index in [0.717, 1.165) is 0 Å². The summed E-state index contributed by atoms with van der Waals surface area (Å²) in [5.74, 6) is 0.287. The second kappa shape index (κ2) is 6.68. The van der Waals surface area contributed by atoms with E-state index in [2.05, 4.69) is 9.97 Å². The highest BCUT2D eigenvalue weighted by molar-refractivity contribution is 5.60. The Kier molecular flexibility index (Phi) is 4.41. The van der Waals surface area contributed by atoms with Crippen molar-refractivity contribution in [3.8, 4) is 29.2 Å². The molecule has 9 nitrogen and oxygen atoms in total. The molecule has 0 saturated heterocycles. The summed E-state index contributed by atoms with van der Waals surface area (Å²) >= 11 is 0. The number of aromatic nitrogens is 2. The molecule has 0 saturated carbocycles. The summed E-state index contributed by atoms with van der Waals surface area (Å²) in [5, 5.41) is 9.58. The molecule has 1 aromatic heterocycles. The Bertz CT molecular complexity index is 964. The molecule has 0 amide bonds. The van der Waals surface area contributed by atoms with E-state index in [4.69, 9.17) is 24.7 Å². The van der Waals surface area contributed by atoms with Crippen LogP contribution in [0.1, 0.15) is 17.0 Å². The maximum atomic E-state index is 12.4. The van der Waals surface area contributed by atoms with Crippen molar-refractivity contribution in [1.82, 2.24) is 9.97 Å². The third kappa shape index (κ3) is 2.57. The first-order valence-corrected chi connectivity index (χ1v) is 7.50. The summed E-state index contributed by atoms with van der Waals surface area (Å²) in [6.45, 7) is 0. The predicted octanol–water partition coefficient (Wildman–Crippen LogP) is 1.01. The zero-order valence-electron chi connectivity index (χ0n) is 14.3. The molecular weight excluding hydrogens is 340 g/mol. The first-order valence-electron chi connectivity index (χ1n) is 7.50. The van der Waals surface area contributed by atoms with Crippen LogP contribution in [0.15, 0.2) is 34.7 Å². The molecule has 0 unspecified atom stereocenters. The number of nitrogens with one attached hydrogen (secondary N) is 1. The molecule has 9 heteroatoms. The van der Waals surface area contributed by atoms with Crippen molar-refractivity contribution >= 4 is 0 Å². The molecule has 1 aromatic carbocycles. The van der Waals surface area contributed by atoms with Crippen LogP contribution in [-0.4, -0.2) is 31.3 Å². The fourth-order valence-electron chi connectivity index (χ4n) is 2.90. The SMILES string of the molecule is COc1cc([C@@H]2C(C#N)=C(N)Oc3nc[nH]c(=O)c32)cc(OC)c1OC. The monoisotopic (exact) mass is 356 g/mol.